The highest BCUT2D eigenvalue weighted by atomic mass is 32.1. The highest BCUT2D eigenvalue weighted by Gasteiger charge is 2.65. The van der Waals surface area contributed by atoms with Crippen molar-refractivity contribution in [1.29, 1.82) is 0 Å². The molecule has 5 rings (SSSR count). The molecule has 2 unspecified atom stereocenters. The number of thiazole rings is 1. The van der Waals surface area contributed by atoms with E-state index < -0.39 is 23.4 Å². The maximum absolute atomic E-state index is 13.0. The van der Waals surface area contributed by atoms with Crippen molar-refractivity contribution in [3.05, 3.63) is 53.4 Å². The summed E-state index contributed by atoms with van der Waals surface area (Å²) in [5.74, 6) is -1.28. The van der Waals surface area contributed by atoms with Gasteiger partial charge in [-0.2, -0.15) is 13.2 Å². The van der Waals surface area contributed by atoms with Gasteiger partial charge < -0.3 is 15.1 Å². The molecule has 3 aromatic rings. The number of rotatable bonds is 5. The summed E-state index contributed by atoms with van der Waals surface area (Å²) in [4.78, 5) is 25.4. The van der Waals surface area contributed by atoms with Crippen LogP contribution in [0.2, 0.25) is 0 Å². The van der Waals surface area contributed by atoms with Crippen LogP contribution in [0.1, 0.15) is 23.5 Å². The van der Waals surface area contributed by atoms with Crippen LogP contribution in [0.4, 0.5) is 24.8 Å². The minimum atomic E-state index is -4.56. The Bertz CT molecular complexity index is 1220. The number of nitrogens with zero attached hydrogens (tertiary/aromatic N) is 4. The van der Waals surface area contributed by atoms with Gasteiger partial charge in [-0.25, -0.2) is 15.0 Å². The van der Waals surface area contributed by atoms with Crippen LogP contribution in [-0.2, 0) is 16.6 Å². The molecule has 2 aliphatic rings. The Hall–Kier alpha value is -3.05. The molecule has 2 heterocycles. The fraction of sp³-hybridized carbons (Fsp3) is 0.364. The second-order valence-electron chi connectivity index (χ2n) is 8.51. The molecule has 0 bridgehead atoms. The van der Waals surface area contributed by atoms with Gasteiger partial charge in [-0.1, -0.05) is 12.1 Å². The fourth-order valence-electron chi connectivity index (χ4n) is 4.68. The van der Waals surface area contributed by atoms with E-state index in [0.29, 0.717) is 23.5 Å². The number of benzene rings is 1. The molecule has 0 amide bonds. The van der Waals surface area contributed by atoms with Gasteiger partial charge in [0.2, 0.25) is 5.95 Å². The van der Waals surface area contributed by atoms with Crippen LogP contribution in [0.15, 0.2) is 42.7 Å². The molecule has 2 aromatic heterocycles. The van der Waals surface area contributed by atoms with E-state index in [0.717, 1.165) is 22.7 Å². The number of halogens is 3. The molecular formula is C22H19F3N4O3S. The predicted octanol–water partition coefficient (Wildman–Crippen LogP) is 4.32. The summed E-state index contributed by atoms with van der Waals surface area (Å²) < 4.78 is 39.0. The first-order chi connectivity index (χ1) is 15.6. The summed E-state index contributed by atoms with van der Waals surface area (Å²) in [6, 6.07) is 7.96. The van der Waals surface area contributed by atoms with E-state index in [-0.39, 0.29) is 23.7 Å². The van der Waals surface area contributed by atoms with Gasteiger partial charge >= 0.3 is 12.1 Å². The van der Waals surface area contributed by atoms with Crippen LogP contribution in [0.3, 0.4) is 0 Å². The fourth-order valence-corrected chi connectivity index (χ4v) is 5.70. The lowest BCUT2D eigenvalue weighted by Crippen LogP contribution is -2.25. The third kappa shape index (κ3) is 3.84. The molecule has 2 fully saturated rings. The highest BCUT2D eigenvalue weighted by Crippen LogP contribution is 2.64. The molecule has 0 radical (unpaired) electrons. The van der Waals surface area contributed by atoms with Crippen molar-refractivity contribution >= 4 is 28.9 Å². The molecule has 0 spiro atoms. The Morgan fingerprint density at radius 2 is 1.94 bits per heavy atom. The zero-order valence-corrected chi connectivity index (χ0v) is 18.1. The van der Waals surface area contributed by atoms with Gasteiger partial charge in [0.1, 0.15) is 16.3 Å². The van der Waals surface area contributed by atoms with Gasteiger partial charge in [-0.3, -0.25) is 4.79 Å². The second-order valence-corrected chi connectivity index (χ2v) is 9.54. The molecule has 2 N–H and O–H groups in total. The Kier molecular flexibility index (Phi) is 4.94. The molecule has 1 aromatic carbocycles. The Balaban J connectivity index is 1.37. The van der Waals surface area contributed by atoms with E-state index in [1.165, 1.54) is 16.2 Å². The minimum Gasteiger partial charge on any atom is -0.481 e. The van der Waals surface area contributed by atoms with Gasteiger partial charge in [-0.15, -0.1) is 11.3 Å². The van der Waals surface area contributed by atoms with Crippen molar-refractivity contribution in [2.45, 2.75) is 24.6 Å². The number of fused-ring (bicyclic) bond motifs is 1. The molecule has 2 atom stereocenters. The smallest absolute Gasteiger partial charge is 0.433 e. The van der Waals surface area contributed by atoms with E-state index in [9.17, 15) is 28.2 Å². The molecule has 0 saturated heterocycles. The molecule has 33 heavy (non-hydrogen) atoms. The Labute approximate surface area is 190 Å². The van der Waals surface area contributed by atoms with Crippen LogP contribution in [-0.4, -0.2) is 38.2 Å². The first-order valence-electron chi connectivity index (χ1n) is 10.2. The number of hydrogen-bond acceptors (Lipinski definition) is 7. The summed E-state index contributed by atoms with van der Waals surface area (Å²) in [6.07, 6.45) is -1.07. The number of carbonyl (C=O) groups is 1. The Morgan fingerprint density at radius 1 is 1.21 bits per heavy atom. The summed E-state index contributed by atoms with van der Waals surface area (Å²) in [6.45, 7) is 0. The van der Waals surface area contributed by atoms with E-state index in [1.807, 2.05) is 6.07 Å². The predicted molar refractivity (Wildman–Crippen MR) is 114 cm³/mol. The maximum Gasteiger partial charge on any atom is 0.433 e. The van der Waals surface area contributed by atoms with E-state index in [1.54, 1.807) is 31.4 Å². The van der Waals surface area contributed by atoms with Gasteiger partial charge in [0.05, 0.1) is 10.8 Å². The largest absolute Gasteiger partial charge is 0.481 e. The zero-order valence-electron chi connectivity index (χ0n) is 17.3. The number of carboxylic acids is 1. The van der Waals surface area contributed by atoms with Crippen LogP contribution in [0, 0.1) is 17.8 Å². The van der Waals surface area contributed by atoms with Crippen LogP contribution < -0.4 is 4.90 Å². The van der Waals surface area contributed by atoms with Crippen molar-refractivity contribution in [2.75, 3.05) is 11.9 Å². The van der Waals surface area contributed by atoms with Crippen LogP contribution >= 0.6 is 11.3 Å². The molecular weight excluding hydrogens is 457 g/mol. The van der Waals surface area contributed by atoms with Gasteiger partial charge in [-0.05, 0) is 48.4 Å². The molecule has 2 saturated carbocycles. The number of carboxylic acid groups (broad SMARTS) is 1. The number of alkyl halides is 3. The molecule has 172 valence electrons. The third-order valence-electron chi connectivity index (χ3n) is 6.42. The van der Waals surface area contributed by atoms with Crippen molar-refractivity contribution in [3.63, 3.8) is 0 Å². The number of anilines is 2. The normalized spacial score (nSPS) is 26.2. The number of aromatic nitrogens is 3. The quantitative estimate of drug-likeness (QED) is 0.566. The SMILES string of the molecule is CN(c1cccc(-c2cnc(C3(O)CC4C(C3)C4C(=O)O)s2)c1)c1nccc(C(F)(F)F)n1. The second kappa shape index (κ2) is 7.49. The van der Waals surface area contributed by atoms with Crippen molar-refractivity contribution in [1.82, 2.24) is 15.0 Å². The van der Waals surface area contributed by atoms with Crippen molar-refractivity contribution < 1.29 is 28.2 Å². The zero-order chi connectivity index (χ0) is 23.5. The molecule has 0 aliphatic heterocycles. The summed E-state index contributed by atoms with van der Waals surface area (Å²) >= 11 is 1.33. The van der Waals surface area contributed by atoms with E-state index >= 15 is 0 Å². The van der Waals surface area contributed by atoms with Crippen LogP contribution in [0.25, 0.3) is 10.4 Å². The lowest BCUT2D eigenvalue weighted by Gasteiger charge is -2.22. The van der Waals surface area contributed by atoms with Gasteiger partial charge in [0.15, 0.2) is 0 Å². The first kappa shape index (κ1) is 21.8. The number of aliphatic hydroxyl groups is 1. The molecule has 2 aliphatic carbocycles. The molecule has 11 heteroatoms. The lowest BCUT2D eigenvalue weighted by atomic mass is 9.95. The lowest BCUT2D eigenvalue weighted by molar-refractivity contribution is -0.141. The van der Waals surface area contributed by atoms with Crippen molar-refractivity contribution in [3.8, 4) is 10.4 Å². The maximum atomic E-state index is 13.0. The number of hydrogen-bond donors (Lipinski definition) is 2. The average Bonchev–Trinajstić information content (AvgIpc) is 3.12. The van der Waals surface area contributed by atoms with E-state index in [2.05, 4.69) is 15.0 Å². The topological polar surface area (TPSA) is 99.4 Å². The summed E-state index contributed by atoms with van der Waals surface area (Å²) in [7, 11) is 1.58. The summed E-state index contributed by atoms with van der Waals surface area (Å²) in [5.41, 5.74) is -0.766. The monoisotopic (exact) mass is 476 g/mol. The van der Waals surface area contributed by atoms with E-state index in [4.69, 9.17) is 0 Å². The summed E-state index contributed by atoms with van der Waals surface area (Å²) in [5, 5.41) is 20.8. The highest BCUT2D eigenvalue weighted by molar-refractivity contribution is 7.15. The minimum absolute atomic E-state index is 0.00992. The van der Waals surface area contributed by atoms with Crippen LogP contribution in [0.5, 0.6) is 0 Å². The number of aliphatic carboxylic acids is 1. The van der Waals surface area contributed by atoms with Gasteiger partial charge in [0.25, 0.3) is 0 Å². The standard InChI is InChI=1S/C22H19F3N4O3S/c1-29(20-26-6-5-16(28-20)22(23,24)25)12-4-2-3-11(7-12)15-10-27-19(33-15)21(32)8-13-14(9-21)17(13)18(30)31/h2-7,10,13-14,17,32H,8-9H2,1H3,(H,30,31). The third-order valence-corrected chi connectivity index (χ3v) is 7.66. The molecule has 7 nitrogen and oxygen atoms in total. The Morgan fingerprint density at radius 3 is 2.61 bits per heavy atom. The van der Waals surface area contributed by atoms with Gasteiger partial charge in [0, 0.05) is 25.1 Å². The van der Waals surface area contributed by atoms with Crippen molar-refractivity contribution in [2.24, 2.45) is 17.8 Å². The first-order valence-corrected chi connectivity index (χ1v) is 11.0. The average molecular weight is 476 g/mol.